The molecule has 2 aromatic rings. The first-order valence-electron chi connectivity index (χ1n) is 7.96. The van der Waals surface area contributed by atoms with Crippen LogP contribution in [0.1, 0.15) is 32.9 Å². The van der Waals surface area contributed by atoms with Gasteiger partial charge in [-0.25, -0.2) is 0 Å². The molecule has 0 aliphatic rings. The maximum Gasteiger partial charge on any atom is 0.269 e. The molecule has 8 nitrogen and oxygen atoms in total. The topological polar surface area (TPSA) is 103 Å². The molecule has 144 valence electrons. The monoisotopic (exact) mass is 392 g/mol. The fourth-order valence-electron chi connectivity index (χ4n) is 2.26. The maximum atomic E-state index is 12.3. The number of carbonyl (C=O) groups excluding carboxylic acids is 3. The molecular weight excluding hydrogens is 372 g/mol. The van der Waals surface area contributed by atoms with E-state index in [1.807, 2.05) is 0 Å². The Balaban J connectivity index is 1.93. The lowest BCUT2D eigenvalue weighted by Crippen LogP contribution is -2.41. The molecule has 0 aliphatic carbocycles. The quantitative estimate of drug-likeness (QED) is 0.527. The molecule has 0 spiro atoms. The summed E-state index contributed by atoms with van der Waals surface area (Å²) in [5.74, 6) is -0.165. The highest BCUT2D eigenvalue weighted by Crippen LogP contribution is 2.38. The summed E-state index contributed by atoms with van der Waals surface area (Å²) in [6.07, 6.45) is 0.0265. The average molecular weight is 392 g/mol. The molecule has 0 unspecified atom stereocenters. The van der Waals surface area contributed by atoms with Gasteiger partial charge in [-0.2, -0.15) is 0 Å². The predicted molar refractivity (Wildman–Crippen MR) is 99.6 cm³/mol. The zero-order valence-corrected chi connectivity index (χ0v) is 16.0. The van der Waals surface area contributed by atoms with Crippen molar-refractivity contribution in [2.45, 2.75) is 12.8 Å². The first-order valence-corrected chi connectivity index (χ1v) is 8.84. The summed E-state index contributed by atoms with van der Waals surface area (Å²) >= 11 is 1.32. The fraction of sp³-hybridized carbons (Fsp3) is 0.278. The van der Waals surface area contributed by atoms with Crippen molar-refractivity contribution in [1.29, 1.82) is 0 Å². The van der Waals surface area contributed by atoms with E-state index in [1.54, 1.807) is 17.5 Å². The molecule has 1 aromatic carbocycles. The number of hydrogen-bond acceptors (Lipinski definition) is 7. The summed E-state index contributed by atoms with van der Waals surface area (Å²) in [6.45, 7) is 0. The molecular formula is C18H20N2O6S. The van der Waals surface area contributed by atoms with Crippen molar-refractivity contribution < 1.29 is 28.6 Å². The number of methoxy groups -OCH3 is 3. The molecule has 0 aliphatic heterocycles. The van der Waals surface area contributed by atoms with Gasteiger partial charge in [0.2, 0.25) is 11.7 Å². The first kappa shape index (κ1) is 20.2. The number of carbonyl (C=O) groups is 3. The Morgan fingerprint density at radius 3 is 2.15 bits per heavy atom. The molecule has 0 fully saturated rings. The smallest absolute Gasteiger partial charge is 0.269 e. The maximum absolute atomic E-state index is 12.3. The van der Waals surface area contributed by atoms with Crippen molar-refractivity contribution >= 4 is 28.9 Å². The lowest BCUT2D eigenvalue weighted by molar-refractivity contribution is -0.121. The van der Waals surface area contributed by atoms with Crippen LogP contribution < -0.4 is 25.1 Å². The molecule has 1 heterocycles. The minimum absolute atomic E-state index is 0.0354. The number of benzene rings is 1. The Morgan fingerprint density at radius 1 is 0.963 bits per heavy atom. The van der Waals surface area contributed by atoms with Gasteiger partial charge in [0.25, 0.3) is 5.91 Å². The summed E-state index contributed by atoms with van der Waals surface area (Å²) in [6, 6.07) is 6.40. The average Bonchev–Trinajstić information content (AvgIpc) is 3.23. The van der Waals surface area contributed by atoms with Gasteiger partial charge in [-0.15, -0.1) is 11.3 Å². The van der Waals surface area contributed by atoms with Gasteiger partial charge in [0, 0.05) is 18.4 Å². The van der Waals surface area contributed by atoms with Gasteiger partial charge < -0.3 is 14.2 Å². The van der Waals surface area contributed by atoms with Crippen molar-refractivity contribution in [2.24, 2.45) is 0 Å². The van der Waals surface area contributed by atoms with Gasteiger partial charge in [0.05, 0.1) is 26.2 Å². The van der Waals surface area contributed by atoms with E-state index in [0.717, 1.165) is 0 Å². The predicted octanol–water partition coefficient (Wildman–Crippen LogP) is 2.20. The van der Waals surface area contributed by atoms with Crippen LogP contribution in [0.3, 0.4) is 0 Å². The van der Waals surface area contributed by atoms with Crippen LogP contribution in [0.4, 0.5) is 0 Å². The van der Waals surface area contributed by atoms with E-state index in [-0.39, 0.29) is 24.2 Å². The number of hydrazine groups is 1. The normalized spacial score (nSPS) is 10.0. The zero-order valence-electron chi connectivity index (χ0n) is 15.2. The minimum Gasteiger partial charge on any atom is -0.493 e. The molecule has 2 rings (SSSR count). The third-order valence-electron chi connectivity index (χ3n) is 3.62. The lowest BCUT2D eigenvalue weighted by Gasteiger charge is -2.14. The summed E-state index contributed by atoms with van der Waals surface area (Å²) in [7, 11) is 4.33. The van der Waals surface area contributed by atoms with Gasteiger partial charge in [-0.1, -0.05) is 6.07 Å². The Bertz CT molecular complexity index is 794. The Hall–Kier alpha value is -3.07. The number of ketones is 1. The van der Waals surface area contributed by atoms with Gasteiger partial charge in [-0.05, 0) is 23.6 Å². The number of Topliss-reactive ketones (excluding diaryl/α,β-unsaturated/α-hetero) is 1. The van der Waals surface area contributed by atoms with Crippen LogP contribution in [0.25, 0.3) is 0 Å². The van der Waals surface area contributed by atoms with E-state index in [0.29, 0.717) is 22.1 Å². The van der Waals surface area contributed by atoms with Crippen LogP contribution in [0.5, 0.6) is 17.2 Å². The second kappa shape index (κ2) is 9.58. The second-order valence-corrected chi connectivity index (χ2v) is 6.26. The Morgan fingerprint density at radius 2 is 1.63 bits per heavy atom. The molecule has 0 saturated carbocycles. The third kappa shape index (κ3) is 5.20. The van der Waals surface area contributed by atoms with Crippen molar-refractivity contribution in [3.63, 3.8) is 0 Å². The highest BCUT2D eigenvalue weighted by molar-refractivity contribution is 7.12. The zero-order chi connectivity index (χ0) is 19.8. The van der Waals surface area contributed by atoms with E-state index < -0.39 is 11.8 Å². The summed E-state index contributed by atoms with van der Waals surface area (Å²) in [4.78, 5) is 36.6. The van der Waals surface area contributed by atoms with Gasteiger partial charge in [0.15, 0.2) is 17.3 Å². The molecule has 0 atom stereocenters. The minimum atomic E-state index is -0.563. The highest BCUT2D eigenvalue weighted by atomic mass is 32.1. The number of rotatable bonds is 8. The standard InChI is InChI=1S/C18H20N2O6S/c1-24-13-9-11(10-14(25-2)17(13)26-3)18(23)20-19-16(22)7-6-12(21)15-5-4-8-27-15/h4-5,8-10H,6-7H2,1-3H3,(H,19,22)(H,20,23). The summed E-state index contributed by atoms with van der Waals surface area (Å²) in [5, 5.41) is 1.80. The fourth-order valence-corrected chi connectivity index (χ4v) is 2.96. The largest absolute Gasteiger partial charge is 0.493 e. The highest BCUT2D eigenvalue weighted by Gasteiger charge is 2.17. The van der Waals surface area contributed by atoms with Crippen LogP contribution in [-0.4, -0.2) is 38.9 Å². The Labute approximate surface area is 160 Å². The van der Waals surface area contributed by atoms with Gasteiger partial charge >= 0.3 is 0 Å². The number of amides is 2. The van der Waals surface area contributed by atoms with Crippen LogP contribution >= 0.6 is 11.3 Å². The molecule has 0 bridgehead atoms. The number of ether oxygens (including phenoxy) is 3. The summed E-state index contributed by atoms with van der Waals surface area (Å²) < 4.78 is 15.6. The Kier molecular flexibility index (Phi) is 7.18. The van der Waals surface area contributed by atoms with Crippen LogP contribution in [0, 0.1) is 0 Å². The van der Waals surface area contributed by atoms with Crippen molar-refractivity contribution in [1.82, 2.24) is 10.9 Å². The number of nitrogens with one attached hydrogen (secondary N) is 2. The third-order valence-corrected chi connectivity index (χ3v) is 4.53. The number of hydrogen-bond donors (Lipinski definition) is 2. The van der Waals surface area contributed by atoms with Gasteiger partial charge in [-0.3, -0.25) is 25.2 Å². The van der Waals surface area contributed by atoms with Gasteiger partial charge in [0.1, 0.15) is 0 Å². The molecule has 9 heteroatoms. The molecule has 2 amide bonds. The molecule has 2 N–H and O–H groups in total. The second-order valence-electron chi connectivity index (χ2n) is 5.32. The summed E-state index contributed by atoms with van der Waals surface area (Å²) in [5.41, 5.74) is 4.79. The van der Waals surface area contributed by atoms with Crippen molar-refractivity contribution in [2.75, 3.05) is 21.3 Å². The molecule has 1 aromatic heterocycles. The first-order chi connectivity index (χ1) is 13.0. The lowest BCUT2D eigenvalue weighted by atomic mass is 10.1. The molecule has 27 heavy (non-hydrogen) atoms. The molecule has 0 radical (unpaired) electrons. The van der Waals surface area contributed by atoms with Crippen molar-refractivity contribution in [3.05, 3.63) is 40.1 Å². The SMILES string of the molecule is COc1cc(C(=O)NNC(=O)CCC(=O)c2cccs2)cc(OC)c1OC. The van der Waals surface area contributed by atoms with Crippen LogP contribution in [0.15, 0.2) is 29.6 Å². The van der Waals surface area contributed by atoms with Crippen LogP contribution in [-0.2, 0) is 4.79 Å². The van der Waals surface area contributed by atoms with Crippen molar-refractivity contribution in [3.8, 4) is 17.2 Å². The van der Waals surface area contributed by atoms with E-state index in [1.165, 1.54) is 44.8 Å². The van der Waals surface area contributed by atoms with Crippen LogP contribution in [0.2, 0.25) is 0 Å². The number of thiophene rings is 1. The van der Waals surface area contributed by atoms with E-state index in [9.17, 15) is 14.4 Å². The van der Waals surface area contributed by atoms with E-state index >= 15 is 0 Å². The van der Waals surface area contributed by atoms with E-state index in [2.05, 4.69) is 10.9 Å². The van der Waals surface area contributed by atoms with E-state index in [4.69, 9.17) is 14.2 Å². The molecule has 0 saturated heterocycles.